The van der Waals surface area contributed by atoms with Crippen LogP contribution in [-0.4, -0.2) is 12.2 Å². The summed E-state index contributed by atoms with van der Waals surface area (Å²) < 4.78 is 49.2. The number of hydrogen-bond donors (Lipinski definition) is 2. The number of nitrogens with two attached hydrogens (primary N) is 1. The van der Waals surface area contributed by atoms with E-state index in [9.17, 15) is 17.6 Å². The molecule has 0 aliphatic carbocycles. The zero-order valence-electron chi connectivity index (χ0n) is 10.0. The molecule has 0 saturated heterocycles. The smallest absolute Gasteiger partial charge is 0.271 e. The number of aryl methyl sites for hydroxylation is 1. The van der Waals surface area contributed by atoms with Gasteiger partial charge in [0.25, 0.3) is 0 Å². The third kappa shape index (κ3) is 5.01. The van der Waals surface area contributed by atoms with Crippen LogP contribution < -0.4 is 11.3 Å². The Hall–Kier alpha value is -1.14. The van der Waals surface area contributed by atoms with Crippen molar-refractivity contribution in [1.29, 1.82) is 0 Å². The average Bonchev–Trinajstić information content (AvgIpc) is 2.25. The van der Waals surface area contributed by atoms with Gasteiger partial charge in [-0.2, -0.15) is 13.2 Å². The van der Waals surface area contributed by atoms with Gasteiger partial charge in [0, 0.05) is 12.5 Å². The van der Waals surface area contributed by atoms with Crippen LogP contribution in [0.15, 0.2) is 18.2 Å². The lowest BCUT2D eigenvalue weighted by Gasteiger charge is -2.18. The van der Waals surface area contributed by atoms with E-state index < -0.39 is 18.6 Å². The summed E-state index contributed by atoms with van der Waals surface area (Å²) >= 11 is 0. The van der Waals surface area contributed by atoms with E-state index in [4.69, 9.17) is 5.84 Å². The van der Waals surface area contributed by atoms with Crippen LogP contribution in [0.5, 0.6) is 0 Å². The van der Waals surface area contributed by atoms with Gasteiger partial charge in [0.05, 0.1) is 0 Å². The highest BCUT2D eigenvalue weighted by atomic mass is 19.4. The summed E-state index contributed by atoms with van der Waals surface area (Å²) in [6.45, 7) is 1.72. The lowest BCUT2D eigenvalue weighted by Crippen LogP contribution is -2.37. The summed E-state index contributed by atoms with van der Waals surface area (Å²) in [6, 6.07) is 3.74. The first-order chi connectivity index (χ1) is 8.31. The largest absolute Gasteiger partial charge is 0.389 e. The molecule has 0 amide bonds. The summed E-state index contributed by atoms with van der Waals surface area (Å²) in [7, 11) is 0. The second-order valence-electron chi connectivity index (χ2n) is 4.29. The van der Waals surface area contributed by atoms with E-state index in [2.05, 4.69) is 5.43 Å². The summed E-state index contributed by atoms with van der Waals surface area (Å²) in [5, 5.41) is 0. The van der Waals surface area contributed by atoms with Crippen LogP contribution in [0.2, 0.25) is 0 Å². The van der Waals surface area contributed by atoms with Crippen molar-refractivity contribution in [1.82, 2.24) is 5.43 Å². The lowest BCUT2D eigenvalue weighted by atomic mass is 9.98. The molecule has 0 bridgehead atoms. The van der Waals surface area contributed by atoms with Gasteiger partial charge in [0.1, 0.15) is 5.82 Å². The van der Waals surface area contributed by atoms with Crippen molar-refractivity contribution in [2.45, 2.75) is 38.4 Å². The Morgan fingerprint density at radius 2 is 2.00 bits per heavy atom. The number of nitrogens with one attached hydrogen (secondary N) is 1. The van der Waals surface area contributed by atoms with Gasteiger partial charge in [0.2, 0.25) is 0 Å². The number of rotatable bonds is 5. The maximum atomic E-state index is 12.9. The standard InChI is InChI=1S/C12H16F4N2/c1-8-6-10(13)3-2-9(8)7-11(18-17)4-5-12(14,15)16/h2-3,6,11,18H,4-5,7,17H2,1H3. The lowest BCUT2D eigenvalue weighted by molar-refractivity contribution is -0.136. The van der Waals surface area contributed by atoms with Crippen molar-refractivity contribution in [3.8, 4) is 0 Å². The number of alkyl halides is 3. The fourth-order valence-corrected chi connectivity index (χ4v) is 1.74. The SMILES string of the molecule is Cc1cc(F)ccc1CC(CCC(F)(F)F)NN. The molecule has 102 valence electrons. The van der Waals surface area contributed by atoms with E-state index in [0.29, 0.717) is 12.0 Å². The number of hydrazine groups is 1. The Labute approximate surface area is 103 Å². The van der Waals surface area contributed by atoms with E-state index in [-0.39, 0.29) is 12.2 Å². The topological polar surface area (TPSA) is 38.0 Å². The summed E-state index contributed by atoms with van der Waals surface area (Å²) in [4.78, 5) is 0. The molecule has 0 radical (unpaired) electrons. The highest BCUT2D eigenvalue weighted by molar-refractivity contribution is 5.27. The molecular weight excluding hydrogens is 248 g/mol. The van der Waals surface area contributed by atoms with E-state index >= 15 is 0 Å². The van der Waals surface area contributed by atoms with Crippen molar-refractivity contribution in [2.75, 3.05) is 0 Å². The molecule has 0 aromatic heterocycles. The van der Waals surface area contributed by atoms with Crippen molar-refractivity contribution in [3.63, 3.8) is 0 Å². The molecular formula is C12H16F4N2. The molecule has 1 atom stereocenters. The number of hydrogen-bond acceptors (Lipinski definition) is 2. The van der Waals surface area contributed by atoms with Gasteiger partial charge in [-0.05, 0) is 43.0 Å². The molecule has 0 heterocycles. The molecule has 6 heteroatoms. The fourth-order valence-electron chi connectivity index (χ4n) is 1.74. The maximum absolute atomic E-state index is 12.9. The van der Waals surface area contributed by atoms with Gasteiger partial charge in [0.15, 0.2) is 0 Å². The molecule has 0 aliphatic heterocycles. The Bertz CT molecular complexity index is 390. The van der Waals surface area contributed by atoms with E-state index in [1.54, 1.807) is 13.0 Å². The van der Waals surface area contributed by atoms with Crippen molar-refractivity contribution in [3.05, 3.63) is 35.1 Å². The van der Waals surface area contributed by atoms with Crippen molar-refractivity contribution >= 4 is 0 Å². The molecule has 2 nitrogen and oxygen atoms in total. The third-order valence-electron chi connectivity index (χ3n) is 2.78. The summed E-state index contributed by atoms with van der Waals surface area (Å²) in [5.74, 6) is 4.88. The minimum absolute atomic E-state index is 0.100. The Kier molecular flexibility index (Phi) is 5.10. The second kappa shape index (κ2) is 6.15. The molecule has 0 fully saturated rings. The van der Waals surface area contributed by atoms with Crippen molar-refractivity contribution in [2.24, 2.45) is 5.84 Å². The van der Waals surface area contributed by atoms with Crippen LogP contribution in [0.25, 0.3) is 0 Å². The van der Waals surface area contributed by atoms with Gasteiger partial charge in [-0.25, -0.2) is 4.39 Å². The van der Waals surface area contributed by atoms with Crippen LogP contribution >= 0.6 is 0 Å². The molecule has 1 rings (SSSR count). The molecule has 1 aromatic carbocycles. The van der Waals surface area contributed by atoms with Crippen LogP contribution in [0, 0.1) is 12.7 Å². The zero-order valence-corrected chi connectivity index (χ0v) is 10.0. The molecule has 0 aliphatic rings. The van der Waals surface area contributed by atoms with E-state index in [0.717, 1.165) is 5.56 Å². The van der Waals surface area contributed by atoms with Crippen LogP contribution in [0.4, 0.5) is 17.6 Å². The predicted octanol–water partition coefficient (Wildman–Crippen LogP) is 2.85. The van der Waals surface area contributed by atoms with Gasteiger partial charge in [-0.15, -0.1) is 0 Å². The van der Waals surface area contributed by atoms with Gasteiger partial charge in [-0.1, -0.05) is 6.07 Å². The first kappa shape index (κ1) is 14.9. The first-order valence-electron chi connectivity index (χ1n) is 5.59. The van der Waals surface area contributed by atoms with Crippen LogP contribution in [0.3, 0.4) is 0 Å². The molecule has 3 N–H and O–H groups in total. The minimum atomic E-state index is -4.19. The fraction of sp³-hybridized carbons (Fsp3) is 0.500. The minimum Gasteiger partial charge on any atom is -0.271 e. The summed E-state index contributed by atoms with van der Waals surface area (Å²) in [5.41, 5.74) is 3.87. The second-order valence-corrected chi connectivity index (χ2v) is 4.29. The highest BCUT2D eigenvalue weighted by Crippen LogP contribution is 2.23. The molecule has 1 unspecified atom stereocenters. The number of benzene rings is 1. The summed E-state index contributed by atoms with van der Waals surface area (Å²) in [6.07, 6.45) is -4.83. The third-order valence-corrected chi connectivity index (χ3v) is 2.78. The van der Waals surface area contributed by atoms with Crippen LogP contribution in [-0.2, 0) is 6.42 Å². The van der Waals surface area contributed by atoms with Crippen molar-refractivity contribution < 1.29 is 17.6 Å². The van der Waals surface area contributed by atoms with E-state index in [1.165, 1.54) is 12.1 Å². The van der Waals surface area contributed by atoms with Gasteiger partial charge >= 0.3 is 6.18 Å². The van der Waals surface area contributed by atoms with Crippen LogP contribution in [0.1, 0.15) is 24.0 Å². The highest BCUT2D eigenvalue weighted by Gasteiger charge is 2.28. The van der Waals surface area contributed by atoms with Gasteiger partial charge < -0.3 is 0 Å². The predicted molar refractivity (Wildman–Crippen MR) is 61.2 cm³/mol. The zero-order chi connectivity index (χ0) is 13.8. The normalized spacial score (nSPS) is 13.7. The Morgan fingerprint density at radius 3 is 2.50 bits per heavy atom. The number of halogens is 4. The molecule has 0 spiro atoms. The molecule has 1 aromatic rings. The quantitative estimate of drug-likeness (QED) is 0.487. The monoisotopic (exact) mass is 264 g/mol. The first-order valence-corrected chi connectivity index (χ1v) is 5.59. The maximum Gasteiger partial charge on any atom is 0.389 e. The Balaban J connectivity index is 2.62. The van der Waals surface area contributed by atoms with Gasteiger partial charge in [-0.3, -0.25) is 11.3 Å². The van der Waals surface area contributed by atoms with E-state index in [1.807, 2.05) is 0 Å². The average molecular weight is 264 g/mol. The Morgan fingerprint density at radius 1 is 1.33 bits per heavy atom. The molecule has 18 heavy (non-hydrogen) atoms. The molecule has 0 saturated carbocycles.